The van der Waals surface area contributed by atoms with Crippen LogP contribution in [0, 0.1) is 13.8 Å². The van der Waals surface area contributed by atoms with Crippen LogP contribution >= 0.6 is 0 Å². The molecule has 0 amide bonds. The maximum Gasteiger partial charge on any atom is 0.335 e. The standard InChI is InChI=1S/C17H21N3O3/c1-9-5-10(2)12(17(21)22)6-11(9)16-18-7-13(19-16)15-14(8-23-15)20(3)4/h5-7,14-15H,8H2,1-4H3,(H,18,19)(H,21,22). The van der Waals surface area contributed by atoms with E-state index in [1.54, 1.807) is 19.2 Å². The van der Waals surface area contributed by atoms with Gasteiger partial charge in [-0.25, -0.2) is 9.78 Å². The Kier molecular flexibility index (Phi) is 3.95. The number of aromatic nitrogens is 2. The largest absolute Gasteiger partial charge is 0.478 e. The topological polar surface area (TPSA) is 78.5 Å². The van der Waals surface area contributed by atoms with Crippen molar-refractivity contribution in [3.8, 4) is 11.4 Å². The lowest BCUT2D eigenvalue weighted by Gasteiger charge is -2.40. The summed E-state index contributed by atoms with van der Waals surface area (Å²) in [7, 11) is 4.06. The van der Waals surface area contributed by atoms with E-state index in [9.17, 15) is 9.90 Å². The number of benzene rings is 1. The minimum atomic E-state index is -0.925. The summed E-state index contributed by atoms with van der Waals surface area (Å²) in [5, 5.41) is 9.31. The van der Waals surface area contributed by atoms with Crippen molar-refractivity contribution in [3.05, 3.63) is 40.7 Å². The van der Waals surface area contributed by atoms with Crippen molar-refractivity contribution in [1.82, 2.24) is 14.9 Å². The molecular formula is C17H21N3O3. The third-order valence-electron chi connectivity index (χ3n) is 4.42. The molecule has 0 spiro atoms. The Hall–Kier alpha value is -2.18. The zero-order chi connectivity index (χ0) is 16.7. The summed E-state index contributed by atoms with van der Waals surface area (Å²) in [6, 6.07) is 3.89. The highest BCUT2D eigenvalue weighted by Crippen LogP contribution is 2.33. The Morgan fingerprint density at radius 2 is 2.09 bits per heavy atom. The number of imidazole rings is 1. The van der Waals surface area contributed by atoms with E-state index >= 15 is 0 Å². The van der Waals surface area contributed by atoms with Gasteiger partial charge in [-0.05, 0) is 45.1 Å². The molecule has 1 aliphatic heterocycles. The van der Waals surface area contributed by atoms with E-state index in [4.69, 9.17) is 4.74 Å². The van der Waals surface area contributed by atoms with E-state index in [2.05, 4.69) is 14.9 Å². The molecule has 2 atom stereocenters. The quantitative estimate of drug-likeness (QED) is 0.906. The summed E-state index contributed by atoms with van der Waals surface area (Å²) >= 11 is 0. The van der Waals surface area contributed by atoms with Crippen LogP contribution in [0.1, 0.15) is 33.3 Å². The molecule has 6 nitrogen and oxygen atoms in total. The smallest absolute Gasteiger partial charge is 0.335 e. The van der Waals surface area contributed by atoms with Gasteiger partial charge < -0.3 is 19.7 Å². The summed E-state index contributed by atoms with van der Waals surface area (Å²) in [5.74, 6) is -0.251. The summed E-state index contributed by atoms with van der Waals surface area (Å²) in [6.07, 6.45) is 1.76. The van der Waals surface area contributed by atoms with E-state index in [-0.39, 0.29) is 6.10 Å². The molecule has 3 rings (SSSR count). The maximum atomic E-state index is 11.3. The maximum absolute atomic E-state index is 11.3. The molecular weight excluding hydrogens is 294 g/mol. The Balaban J connectivity index is 1.95. The van der Waals surface area contributed by atoms with Crippen molar-refractivity contribution in [1.29, 1.82) is 0 Å². The molecule has 23 heavy (non-hydrogen) atoms. The van der Waals surface area contributed by atoms with Gasteiger partial charge in [0, 0.05) is 5.56 Å². The average Bonchev–Trinajstić information content (AvgIpc) is 2.85. The van der Waals surface area contributed by atoms with Gasteiger partial charge in [0.25, 0.3) is 0 Å². The molecule has 122 valence electrons. The molecule has 0 radical (unpaired) electrons. The summed E-state index contributed by atoms with van der Waals surface area (Å²) in [5.41, 5.74) is 3.77. The number of hydrogen-bond acceptors (Lipinski definition) is 4. The van der Waals surface area contributed by atoms with Gasteiger partial charge in [-0.15, -0.1) is 0 Å². The van der Waals surface area contributed by atoms with Crippen molar-refractivity contribution < 1.29 is 14.6 Å². The molecule has 2 N–H and O–H groups in total. The highest BCUT2D eigenvalue weighted by atomic mass is 16.5. The van der Waals surface area contributed by atoms with Gasteiger partial charge in [0.05, 0.1) is 30.1 Å². The molecule has 2 unspecified atom stereocenters. The fraction of sp³-hybridized carbons (Fsp3) is 0.412. The lowest BCUT2D eigenvalue weighted by molar-refractivity contribution is -0.127. The van der Waals surface area contributed by atoms with Crippen LogP contribution in [-0.2, 0) is 4.74 Å². The summed E-state index contributed by atoms with van der Waals surface area (Å²) < 4.78 is 5.64. The summed E-state index contributed by atoms with van der Waals surface area (Å²) in [4.78, 5) is 21.2. The number of aryl methyl sites for hydroxylation is 2. The summed E-state index contributed by atoms with van der Waals surface area (Å²) in [6.45, 7) is 4.47. The zero-order valence-electron chi connectivity index (χ0n) is 13.8. The predicted molar refractivity (Wildman–Crippen MR) is 86.6 cm³/mol. The lowest BCUT2D eigenvalue weighted by Crippen LogP contribution is -2.47. The van der Waals surface area contributed by atoms with Crippen LogP contribution in [0.2, 0.25) is 0 Å². The fourth-order valence-corrected chi connectivity index (χ4v) is 2.95. The van der Waals surface area contributed by atoms with E-state index in [1.807, 2.05) is 27.1 Å². The molecule has 1 fully saturated rings. The van der Waals surface area contributed by atoms with Crippen molar-refractivity contribution in [3.63, 3.8) is 0 Å². The van der Waals surface area contributed by atoms with E-state index in [0.717, 1.165) is 22.4 Å². The number of nitrogens with zero attached hydrogens (tertiary/aromatic N) is 2. The first-order chi connectivity index (χ1) is 10.9. The first-order valence-corrected chi connectivity index (χ1v) is 7.56. The molecule has 2 aromatic rings. The Labute approximate surface area is 135 Å². The second kappa shape index (κ2) is 5.79. The SMILES string of the molecule is Cc1cc(C)c(-c2ncc(C3OCC3N(C)C)[nH]2)cc1C(=O)O. The van der Waals surface area contributed by atoms with Gasteiger partial charge in [-0.1, -0.05) is 6.07 Å². The van der Waals surface area contributed by atoms with Crippen molar-refractivity contribution in [2.24, 2.45) is 0 Å². The molecule has 0 aliphatic carbocycles. The molecule has 1 aromatic carbocycles. The second-order valence-electron chi connectivity index (χ2n) is 6.26. The Bertz CT molecular complexity index is 752. The molecule has 6 heteroatoms. The number of aromatic amines is 1. The predicted octanol–water partition coefficient (Wildman–Crippen LogP) is 2.39. The van der Waals surface area contributed by atoms with E-state index in [0.29, 0.717) is 24.0 Å². The number of carboxylic acids is 1. The first-order valence-electron chi connectivity index (χ1n) is 7.56. The van der Waals surface area contributed by atoms with Gasteiger partial charge >= 0.3 is 5.97 Å². The van der Waals surface area contributed by atoms with Gasteiger partial charge in [0.1, 0.15) is 11.9 Å². The van der Waals surface area contributed by atoms with Crippen LogP contribution in [0.3, 0.4) is 0 Å². The number of ether oxygens (including phenoxy) is 1. The molecule has 1 aliphatic rings. The highest BCUT2D eigenvalue weighted by Gasteiger charge is 2.36. The average molecular weight is 315 g/mol. The van der Waals surface area contributed by atoms with Gasteiger partial charge in [0.2, 0.25) is 0 Å². The fourth-order valence-electron chi connectivity index (χ4n) is 2.95. The van der Waals surface area contributed by atoms with Crippen LogP contribution in [0.5, 0.6) is 0 Å². The van der Waals surface area contributed by atoms with Crippen molar-refractivity contribution in [2.45, 2.75) is 26.0 Å². The highest BCUT2D eigenvalue weighted by molar-refractivity contribution is 5.91. The Morgan fingerprint density at radius 3 is 2.65 bits per heavy atom. The van der Waals surface area contributed by atoms with Gasteiger partial charge in [-0.2, -0.15) is 0 Å². The number of likely N-dealkylation sites (N-methyl/N-ethyl adjacent to an activating group) is 1. The van der Waals surface area contributed by atoms with Crippen LogP contribution in [0.4, 0.5) is 0 Å². The number of H-pyrrole nitrogens is 1. The minimum Gasteiger partial charge on any atom is -0.478 e. The molecule has 2 heterocycles. The van der Waals surface area contributed by atoms with Crippen LogP contribution in [0.25, 0.3) is 11.4 Å². The second-order valence-corrected chi connectivity index (χ2v) is 6.26. The van der Waals surface area contributed by atoms with E-state index in [1.165, 1.54) is 0 Å². The molecule has 1 saturated heterocycles. The normalized spacial score (nSPS) is 20.6. The minimum absolute atomic E-state index is 0.0176. The third-order valence-corrected chi connectivity index (χ3v) is 4.42. The Morgan fingerprint density at radius 1 is 1.35 bits per heavy atom. The zero-order valence-corrected chi connectivity index (χ0v) is 13.8. The van der Waals surface area contributed by atoms with Crippen molar-refractivity contribution in [2.75, 3.05) is 20.7 Å². The van der Waals surface area contributed by atoms with Crippen LogP contribution in [0.15, 0.2) is 18.3 Å². The molecule has 0 bridgehead atoms. The van der Waals surface area contributed by atoms with Gasteiger partial charge in [0.15, 0.2) is 0 Å². The number of nitrogens with one attached hydrogen (secondary N) is 1. The third kappa shape index (κ3) is 2.75. The molecule has 0 saturated carbocycles. The van der Waals surface area contributed by atoms with Gasteiger partial charge in [-0.3, -0.25) is 0 Å². The number of rotatable bonds is 4. The first kappa shape index (κ1) is 15.7. The number of aromatic carboxylic acids is 1. The number of carboxylic acid groups (broad SMARTS) is 1. The van der Waals surface area contributed by atoms with E-state index < -0.39 is 5.97 Å². The lowest BCUT2D eigenvalue weighted by atomic mass is 9.99. The molecule has 1 aromatic heterocycles. The van der Waals surface area contributed by atoms with Crippen LogP contribution < -0.4 is 0 Å². The monoisotopic (exact) mass is 315 g/mol. The number of hydrogen-bond donors (Lipinski definition) is 2. The van der Waals surface area contributed by atoms with Crippen LogP contribution in [-0.4, -0.2) is 52.7 Å². The van der Waals surface area contributed by atoms with Crippen molar-refractivity contribution >= 4 is 5.97 Å². The number of carbonyl (C=O) groups is 1.